The maximum Gasteiger partial charge on any atom is 0.345 e. The van der Waals surface area contributed by atoms with Crippen molar-refractivity contribution in [2.75, 3.05) is 7.11 Å². The van der Waals surface area contributed by atoms with E-state index < -0.39 is 5.97 Å². The second-order valence-electron chi connectivity index (χ2n) is 7.66. The molecule has 1 fully saturated rings. The minimum atomic E-state index is -0.614. The van der Waals surface area contributed by atoms with Crippen LogP contribution in [0.25, 0.3) is 6.08 Å². The van der Waals surface area contributed by atoms with Crippen molar-refractivity contribution in [2.45, 2.75) is 13.5 Å². The molecule has 1 aliphatic rings. The van der Waals surface area contributed by atoms with Gasteiger partial charge in [0.1, 0.15) is 0 Å². The van der Waals surface area contributed by atoms with Gasteiger partial charge in [0.05, 0.1) is 32.7 Å². The molecule has 1 aliphatic heterocycles. The van der Waals surface area contributed by atoms with Gasteiger partial charge in [-0.3, -0.25) is 14.5 Å². The summed E-state index contributed by atoms with van der Waals surface area (Å²) in [7, 11) is 1.46. The number of benzene rings is 3. The Labute approximate surface area is 225 Å². The zero-order chi connectivity index (χ0) is 25.1. The lowest BCUT2D eigenvalue weighted by molar-refractivity contribution is -0.123. The van der Waals surface area contributed by atoms with Crippen LogP contribution in [-0.4, -0.2) is 29.1 Å². The number of thioether (sulfide) groups is 1. The maximum atomic E-state index is 12.9. The van der Waals surface area contributed by atoms with Crippen LogP contribution in [0.5, 0.6) is 11.5 Å². The molecule has 2 amide bonds. The first-order valence-corrected chi connectivity index (χ1v) is 12.7. The van der Waals surface area contributed by atoms with Crippen molar-refractivity contribution in [3.05, 3.63) is 96.4 Å². The van der Waals surface area contributed by atoms with Gasteiger partial charge in [-0.2, -0.15) is 0 Å². The van der Waals surface area contributed by atoms with Gasteiger partial charge in [-0.1, -0.05) is 53.6 Å². The molecule has 35 heavy (non-hydrogen) atoms. The normalized spacial score (nSPS) is 14.5. The molecule has 1 saturated heterocycles. The van der Waals surface area contributed by atoms with Crippen molar-refractivity contribution in [3.8, 4) is 11.5 Å². The van der Waals surface area contributed by atoms with Gasteiger partial charge in [0.25, 0.3) is 11.1 Å². The molecule has 4 rings (SSSR count). The summed E-state index contributed by atoms with van der Waals surface area (Å²) in [5.41, 5.74) is 2.84. The number of carbonyl (C=O) groups is 3. The van der Waals surface area contributed by atoms with E-state index in [-0.39, 0.29) is 34.0 Å². The summed E-state index contributed by atoms with van der Waals surface area (Å²) in [5.74, 6) is -0.425. The third-order valence-corrected chi connectivity index (χ3v) is 7.21. The van der Waals surface area contributed by atoms with E-state index in [1.165, 1.54) is 12.0 Å². The number of imide groups is 1. The summed E-state index contributed by atoms with van der Waals surface area (Å²) in [6.07, 6.45) is 1.63. The van der Waals surface area contributed by atoms with E-state index in [1.807, 2.05) is 53.8 Å². The lowest BCUT2D eigenvalue weighted by Gasteiger charge is -2.13. The van der Waals surface area contributed by atoms with E-state index in [0.717, 1.165) is 22.9 Å². The molecule has 0 unspecified atom stereocenters. The van der Waals surface area contributed by atoms with Gasteiger partial charge in [-0.15, -0.1) is 0 Å². The number of hydrogen-bond acceptors (Lipinski definition) is 6. The molecule has 6 nitrogen and oxygen atoms in total. The van der Waals surface area contributed by atoms with E-state index in [4.69, 9.17) is 21.1 Å². The highest BCUT2D eigenvalue weighted by molar-refractivity contribution is 14.1. The molecule has 9 heteroatoms. The Kier molecular flexibility index (Phi) is 7.83. The van der Waals surface area contributed by atoms with Crippen LogP contribution in [0.15, 0.2) is 65.6 Å². The number of esters is 1. The molecule has 3 aromatic carbocycles. The fraction of sp³-hybridized carbons (Fsp3) is 0.115. The Balaban J connectivity index is 1.57. The summed E-state index contributed by atoms with van der Waals surface area (Å²) < 4.78 is 11.6. The van der Waals surface area contributed by atoms with Gasteiger partial charge in [-0.05, 0) is 82.7 Å². The highest BCUT2D eigenvalue weighted by Gasteiger charge is 2.35. The third kappa shape index (κ3) is 5.71. The topological polar surface area (TPSA) is 72.9 Å². The Bertz CT molecular complexity index is 1360. The fourth-order valence-electron chi connectivity index (χ4n) is 3.36. The molecule has 3 aromatic rings. The molecule has 0 atom stereocenters. The van der Waals surface area contributed by atoms with E-state index in [9.17, 15) is 14.4 Å². The first-order valence-electron chi connectivity index (χ1n) is 10.4. The highest BCUT2D eigenvalue weighted by atomic mass is 127. The van der Waals surface area contributed by atoms with Crippen molar-refractivity contribution in [2.24, 2.45) is 0 Å². The van der Waals surface area contributed by atoms with Gasteiger partial charge in [0.15, 0.2) is 11.5 Å². The summed E-state index contributed by atoms with van der Waals surface area (Å²) in [6, 6.07) is 17.7. The number of aryl methyl sites for hydroxylation is 1. The average Bonchev–Trinajstić information content (AvgIpc) is 3.09. The number of rotatable bonds is 6. The van der Waals surface area contributed by atoms with Crippen LogP contribution >= 0.6 is 46.0 Å². The van der Waals surface area contributed by atoms with Crippen molar-refractivity contribution >= 4 is 69.1 Å². The molecule has 0 saturated carbocycles. The molecule has 0 radical (unpaired) electrons. The molecule has 0 aliphatic carbocycles. The Morgan fingerprint density at radius 2 is 1.83 bits per heavy atom. The maximum absolute atomic E-state index is 12.9. The van der Waals surface area contributed by atoms with Crippen molar-refractivity contribution in [1.82, 2.24) is 4.90 Å². The van der Waals surface area contributed by atoms with Crippen molar-refractivity contribution in [1.29, 1.82) is 0 Å². The first kappa shape index (κ1) is 25.3. The third-order valence-electron chi connectivity index (χ3n) is 5.17. The molecule has 0 aromatic heterocycles. The number of amides is 2. The molecular formula is C26H19ClINO5S. The van der Waals surface area contributed by atoms with Gasteiger partial charge in [-0.25, -0.2) is 4.79 Å². The van der Waals surface area contributed by atoms with Gasteiger partial charge >= 0.3 is 5.97 Å². The van der Waals surface area contributed by atoms with Crippen LogP contribution in [0, 0.1) is 10.5 Å². The zero-order valence-electron chi connectivity index (χ0n) is 18.7. The monoisotopic (exact) mass is 619 g/mol. The number of nitrogens with zero attached hydrogens (tertiary/aromatic N) is 1. The van der Waals surface area contributed by atoms with E-state index in [1.54, 1.807) is 42.5 Å². The zero-order valence-corrected chi connectivity index (χ0v) is 22.4. The summed E-state index contributed by atoms with van der Waals surface area (Å²) in [4.78, 5) is 39.6. The number of ether oxygens (including phenoxy) is 2. The lowest BCUT2D eigenvalue weighted by Crippen LogP contribution is -2.27. The molecule has 1 heterocycles. The summed E-state index contributed by atoms with van der Waals surface area (Å²) in [5, 5.41) is -0.0433. The minimum Gasteiger partial charge on any atom is -0.493 e. The molecule has 178 valence electrons. The SMILES string of the molecule is COc1cc(/C=C2\SC(=O)N(Cc3ccc(C)cc3)C2=O)cc(I)c1OC(=O)c1ccccc1Cl. The molecule has 0 spiro atoms. The Morgan fingerprint density at radius 1 is 1.11 bits per heavy atom. The van der Waals surface area contributed by atoms with Gasteiger partial charge in [0, 0.05) is 0 Å². The minimum absolute atomic E-state index is 0.208. The first-order chi connectivity index (χ1) is 16.8. The Hall–Kier alpha value is -2.82. The van der Waals surface area contributed by atoms with Crippen LogP contribution < -0.4 is 9.47 Å². The van der Waals surface area contributed by atoms with Crippen molar-refractivity contribution in [3.63, 3.8) is 0 Å². The predicted molar refractivity (Wildman–Crippen MR) is 145 cm³/mol. The number of halogens is 2. The van der Waals surface area contributed by atoms with Crippen LogP contribution in [0.4, 0.5) is 4.79 Å². The molecule has 0 bridgehead atoms. The largest absolute Gasteiger partial charge is 0.493 e. The van der Waals surface area contributed by atoms with E-state index in [0.29, 0.717) is 19.8 Å². The van der Waals surface area contributed by atoms with Crippen LogP contribution in [0.1, 0.15) is 27.0 Å². The summed E-state index contributed by atoms with van der Waals surface area (Å²) in [6.45, 7) is 2.19. The number of carbonyl (C=O) groups excluding carboxylic acids is 3. The molecule has 0 N–H and O–H groups in total. The highest BCUT2D eigenvalue weighted by Crippen LogP contribution is 2.38. The van der Waals surface area contributed by atoms with E-state index in [2.05, 4.69) is 0 Å². The summed E-state index contributed by atoms with van der Waals surface area (Å²) >= 11 is 9.02. The van der Waals surface area contributed by atoms with Crippen LogP contribution in [-0.2, 0) is 11.3 Å². The van der Waals surface area contributed by atoms with Crippen LogP contribution in [0.2, 0.25) is 5.02 Å². The smallest absolute Gasteiger partial charge is 0.345 e. The second kappa shape index (κ2) is 10.8. The molecular weight excluding hydrogens is 601 g/mol. The standard InChI is InChI=1S/C26H19ClINO5S/c1-15-7-9-16(10-8-15)14-29-24(30)22(35-26(29)32)13-17-11-20(28)23(21(12-17)33-2)34-25(31)18-5-3-4-6-19(18)27/h3-13H,14H2,1-2H3/b22-13-. The van der Waals surface area contributed by atoms with Gasteiger partial charge < -0.3 is 9.47 Å². The van der Waals surface area contributed by atoms with Crippen molar-refractivity contribution < 1.29 is 23.9 Å². The second-order valence-corrected chi connectivity index (χ2v) is 10.2. The van der Waals surface area contributed by atoms with Crippen LogP contribution in [0.3, 0.4) is 0 Å². The van der Waals surface area contributed by atoms with E-state index >= 15 is 0 Å². The number of methoxy groups -OCH3 is 1. The fourth-order valence-corrected chi connectivity index (χ4v) is 5.15. The number of hydrogen-bond donors (Lipinski definition) is 0. The quantitative estimate of drug-likeness (QED) is 0.132. The lowest BCUT2D eigenvalue weighted by atomic mass is 10.1. The predicted octanol–water partition coefficient (Wildman–Crippen LogP) is 6.72. The van der Waals surface area contributed by atoms with Gasteiger partial charge in [0.2, 0.25) is 0 Å². The Morgan fingerprint density at radius 3 is 2.51 bits per heavy atom. The average molecular weight is 620 g/mol.